The maximum absolute atomic E-state index is 12.4. The molecule has 0 atom stereocenters. The molecule has 0 saturated carbocycles. The SMILES string of the molecule is C=C/C=C(\C=C/C)/C=C1\CCc2ccccc2C1=O. The summed E-state index contributed by atoms with van der Waals surface area (Å²) in [6.07, 6.45) is 11.3. The number of carbonyl (C=O) groups is 1. The van der Waals surface area contributed by atoms with E-state index in [1.54, 1.807) is 6.08 Å². The number of allylic oxidation sites excluding steroid dienone is 7. The van der Waals surface area contributed by atoms with Crippen LogP contribution in [0, 0.1) is 0 Å². The van der Waals surface area contributed by atoms with Crippen LogP contribution in [0.4, 0.5) is 0 Å². The van der Waals surface area contributed by atoms with Gasteiger partial charge in [0.2, 0.25) is 0 Å². The molecule has 0 spiro atoms. The van der Waals surface area contributed by atoms with E-state index in [0.29, 0.717) is 0 Å². The largest absolute Gasteiger partial charge is 0.289 e. The molecule has 0 bridgehead atoms. The van der Waals surface area contributed by atoms with Crippen LogP contribution in [0.3, 0.4) is 0 Å². The van der Waals surface area contributed by atoms with Crippen molar-refractivity contribution in [2.24, 2.45) is 0 Å². The van der Waals surface area contributed by atoms with Crippen molar-refractivity contribution in [2.75, 3.05) is 0 Å². The van der Waals surface area contributed by atoms with Crippen LogP contribution in [0.1, 0.15) is 29.3 Å². The fraction of sp³-hybridized carbons (Fsp3) is 0.167. The standard InChI is InChI=1S/C18H18O/c1-3-7-14(8-4-2)13-16-12-11-15-9-5-6-10-17(15)18(16)19/h3-10,13H,1,11-12H2,2H3/b8-4-,14-7+,16-13+. The Labute approximate surface area is 114 Å². The number of hydrogen-bond acceptors (Lipinski definition) is 1. The monoisotopic (exact) mass is 250 g/mol. The van der Waals surface area contributed by atoms with Crippen LogP contribution < -0.4 is 0 Å². The zero-order chi connectivity index (χ0) is 13.7. The van der Waals surface area contributed by atoms with Crippen molar-refractivity contribution in [3.05, 3.63) is 83.5 Å². The van der Waals surface area contributed by atoms with E-state index in [-0.39, 0.29) is 5.78 Å². The Morgan fingerprint density at radius 1 is 1.26 bits per heavy atom. The average molecular weight is 250 g/mol. The van der Waals surface area contributed by atoms with Gasteiger partial charge < -0.3 is 0 Å². The Hall–Kier alpha value is -2.15. The summed E-state index contributed by atoms with van der Waals surface area (Å²) < 4.78 is 0. The van der Waals surface area contributed by atoms with E-state index in [4.69, 9.17) is 0 Å². The quantitative estimate of drug-likeness (QED) is 0.573. The fourth-order valence-corrected chi connectivity index (χ4v) is 2.33. The zero-order valence-electron chi connectivity index (χ0n) is 11.2. The minimum atomic E-state index is 0.154. The molecule has 1 aliphatic rings. The van der Waals surface area contributed by atoms with Crippen LogP contribution in [0.25, 0.3) is 0 Å². The molecule has 0 aliphatic heterocycles. The predicted molar refractivity (Wildman–Crippen MR) is 80.3 cm³/mol. The van der Waals surface area contributed by atoms with Gasteiger partial charge >= 0.3 is 0 Å². The third-order valence-corrected chi connectivity index (χ3v) is 3.23. The van der Waals surface area contributed by atoms with Gasteiger partial charge in [-0.1, -0.05) is 55.1 Å². The highest BCUT2D eigenvalue weighted by Gasteiger charge is 2.20. The molecule has 0 N–H and O–H groups in total. The van der Waals surface area contributed by atoms with E-state index in [0.717, 1.165) is 35.1 Å². The normalized spacial score (nSPS) is 17.8. The van der Waals surface area contributed by atoms with Crippen molar-refractivity contribution in [1.29, 1.82) is 0 Å². The average Bonchev–Trinajstić information content (AvgIpc) is 2.43. The molecule has 96 valence electrons. The number of Topliss-reactive ketones (excluding diaryl/α,β-unsaturated/α-hetero) is 1. The first-order valence-electron chi connectivity index (χ1n) is 6.55. The second-order valence-electron chi connectivity index (χ2n) is 4.56. The molecular weight excluding hydrogens is 232 g/mol. The molecule has 0 fully saturated rings. The van der Waals surface area contributed by atoms with Crippen LogP contribution in [-0.4, -0.2) is 5.78 Å². The maximum Gasteiger partial charge on any atom is 0.189 e. The number of fused-ring (bicyclic) bond motifs is 1. The van der Waals surface area contributed by atoms with Crippen molar-refractivity contribution in [2.45, 2.75) is 19.8 Å². The van der Waals surface area contributed by atoms with Crippen LogP contribution in [-0.2, 0) is 6.42 Å². The van der Waals surface area contributed by atoms with Gasteiger partial charge in [0.15, 0.2) is 5.78 Å². The van der Waals surface area contributed by atoms with Gasteiger partial charge in [-0.05, 0) is 37.0 Å². The van der Waals surface area contributed by atoms with Crippen molar-refractivity contribution < 1.29 is 4.79 Å². The van der Waals surface area contributed by atoms with Crippen molar-refractivity contribution in [3.8, 4) is 0 Å². The number of aryl methyl sites for hydroxylation is 1. The Morgan fingerprint density at radius 3 is 2.79 bits per heavy atom. The first-order valence-corrected chi connectivity index (χ1v) is 6.55. The Morgan fingerprint density at radius 2 is 2.05 bits per heavy atom. The highest BCUT2D eigenvalue weighted by molar-refractivity contribution is 6.11. The topological polar surface area (TPSA) is 17.1 Å². The molecule has 0 unspecified atom stereocenters. The van der Waals surface area contributed by atoms with Crippen LogP contribution >= 0.6 is 0 Å². The Bertz CT molecular complexity index is 585. The molecule has 1 nitrogen and oxygen atoms in total. The van der Waals surface area contributed by atoms with E-state index in [1.165, 1.54) is 0 Å². The zero-order valence-corrected chi connectivity index (χ0v) is 11.2. The van der Waals surface area contributed by atoms with Gasteiger partial charge in [0.05, 0.1) is 0 Å². The summed E-state index contributed by atoms with van der Waals surface area (Å²) >= 11 is 0. The molecule has 1 aliphatic carbocycles. The van der Waals surface area contributed by atoms with E-state index in [9.17, 15) is 4.79 Å². The summed E-state index contributed by atoms with van der Waals surface area (Å²) in [7, 11) is 0. The van der Waals surface area contributed by atoms with Gasteiger partial charge in [0.25, 0.3) is 0 Å². The second kappa shape index (κ2) is 6.14. The third kappa shape index (κ3) is 3.00. The number of benzene rings is 1. The summed E-state index contributed by atoms with van der Waals surface area (Å²) in [6, 6.07) is 7.86. The van der Waals surface area contributed by atoms with Gasteiger partial charge in [0, 0.05) is 11.1 Å². The molecule has 1 heteroatoms. The number of hydrogen-bond donors (Lipinski definition) is 0. The number of ketones is 1. The predicted octanol–water partition coefficient (Wildman–Crippen LogP) is 4.43. The second-order valence-corrected chi connectivity index (χ2v) is 4.56. The molecule has 0 heterocycles. The van der Waals surface area contributed by atoms with Gasteiger partial charge in [-0.2, -0.15) is 0 Å². The van der Waals surface area contributed by atoms with E-state index < -0.39 is 0 Å². The minimum absolute atomic E-state index is 0.154. The van der Waals surface area contributed by atoms with Crippen LogP contribution in [0.5, 0.6) is 0 Å². The summed E-state index contributed by atoms with van der Waals surface area (Å²) in [5, 5.41) is 0. The van der Waals surface area contributed by atoms with Gasteiger partial charge in [-0.15, -0.1) is 0 Å². The van der Waals surface area contributed by atoms with Gasteiger partial charge in [-0.25, -0.2) is 0 Å². The first-order chi connectivity index (χ1) is 9.26. The smallest absolute Gasteiger partial charge is 0.189 e. The Kier molecular flexibility index (Phi) is 4.30. The molecule has 0 saturated heterocycles. The van der Waals surface area contributed by atoms with Gasteiger partial charge in [0.1, 0.15) is 0 Å². The molecular formula is C18H18O. The Balaban J connectivity index is 2.36. The lowest BCUT2D eigenvalue weighted by Gasteiger charge is -2.17. The highest BCUT2D eigenvalue weighted by Crippen LogP contribution is 2.25. The molecule has 2 rings (SSSR count). The summed E-state index contributed by atoms with van der Waals surface area (Å²) in [5.74, 6) is 0.154. The van der Waals surface area contributed by atoms with Gasteiger partial charge in [-0.3, -0.25) is 4.79 Å². The molecule has 1 aromatic rings. The first kappa shape index (κ1) is 13.3. The van der Waals surface area contributed by atoms with Crippen molar-refractivity contribution >= 4 is 5.78 Å². The lowest BCUT2D eigenvalue weighted by atomic mass is 9.86. The van der Waals surface area contributed by atoms with Crippen molar-refractivity contribution in [1.82, 2.24) is 0 Å². The van der Waals surface area contributed by atoms with Crippen LogP contribution in [0.2, 0.25) is 0 Å². The number of carbonyl (C=O) groups excluding carboxylic acids is 1. The number of rotatable bonds is 3. The molecule has 19 heavy (non-hydrogen) atoms. The third-order valence-electron chi connectivity index (χ3n) is 3.23. The molecule has 0 radical (unpaired) electrons. The molecule has 0 aromatic heterocycles. The molecule has 1 aromatic carbocycles. The molecule has 0 amide bonds. The van der Waals surface area contributed by atoms with Crippen molar-refractivity contribution in [3.63, 3.8) is 0 Å². The highest BCUT2D eigenvalue weighted by atomic mass is 16.1. The summed E-state index contributed by atoms with van der Waals surface area (Å²) in [6.45, 7) is 5.67. The van der Waals surface area contributed by atoms with Crippen LogP contribution in [0.15, 0.2) is 72.4 Å². The maximum atomic E-state index is 12.4. The van der Waals surface area contributed by atoms with E-state index >= 15 is 0 Å². The minimum Gasteiger partial charge on any atom is -0.289 e. The lowest BCUT2D eigenvalue weighted by molar-refractivity contribution is 0.102. The van der Waals surface area contributed by atoms with E-state index in [1.807, 2.05) is 55.5 Å². The summed E-state index contributed by atoms with van der Waals surface area (Å²) in [5.41, 5.74) is 3.90. The van der Waals surface area contributed by atoms with E-state index in [2.05, 4.69) is 6.58 Å². The summed E-state index contributed by atoms with van der Waals surface area (Å²) in [4.78, 5) is 12.4. The fourth-order valence-electron chi connectivity index (χ4n) is 2.33. The lowest BCUT2D eigenvalue weighted by Crippen LogP contribution is -2.14.